The highest BCUT2D eigenvalue weighted by molar-refractivity contribution is 5.70. The Kier molecular flexibility index (Phi) is 5.61. The summed E-state index contributed by atoms with van der Waals surface area (Å²) in [5, 5.41) is 9.47. The summed E-state index contributed by atoms with van der Waals surface area (Å²) in [5.41, 5.74) is 0. The molecule has 0 heterocycles. The normalized spacial score (nSPS) is 15.1. The van der Waals surface area contributed by atoms with Gasteiger partial charge in [-0.1, -0.05) is 0 Å². The average molecular weight is 192 g/mol. The maximum absolute atomic E-state index is 11.0. The lowest BCUT2D eigenvalue weighted by atomic mass is 10.3. The Morgan fingerprint density at radius 1 is 1.38 bits per heavy atom. The van der Waals surface area contributed by atoms with Crippen molar-refractivity contribution in [1.82, 2.24) is 0 Å². The highest BCUT2D eigenvalue weighted by Gasteiger charge is 2.31. The van der Waals surface area contributed by atoms with Crippen LogP contribution in [0.1, 0.15) is 20.3 Å². The second kappa shape index (κ2) is 5.90. The molecule has 0 aromatic carbocycles. The highest BCUT2D eigenvalue weighted by Crippen LogP contribution is 2.13. The summed E-state index contributed by atoms with van der Waals surface area (Å²) in [6.45, 7) is 3.90. The summed E-state index contributed by atoms with van der Waals surface area (Å²) < 4.78 is 14.1. The van der Waals surface area contributed by atoms with Crippen LogP contribution in [0.25, 0.3) is 0 Å². The molecule has 0 bridgehead atoms. The van der Waals surface area contributed by atoms with Crippen LogP contribution in [0.3, 0.4) is 0 Å². The Hall–Kier alpha value is -0.650. The van der Waals surface area contributed by atoms with Crippen LogP contribution in [0, 0.1) is 0 Å². The second-order valence-electron chi connectivity index (χ2n) is 2.33. The number of aliphatic hydroxyl groups is 1. The van der Waals surface area contributed by atoms with Crippen LogP contribution < -0.4 is 0 Å². The molecule has 5 heteroatoms. The number of carbonyl (C=O) groups excluding carboxylic acids is 1. The number of esters is 1. The zero-order chi connectivity index (χ0) is 10.3. The first-order valence-electron chi connectivity index (χ1n) is 4.15. The Bertz CT molecular complexity index is 159. The molecule has 0 amide bonds. The van der Waals surface area contributed by atoms with Gasteiger partial charge in [0, 0.05) is 13.7 Å². The van der Waals surface area contributed by atoms with E-state index in [9.17, 15) is 9.90 Å². The summed E-state index contributed by atoms with van der Waals surface area (Å²) in [4.78, 5) is 11.0. The first-order chi connectivity index (χ1) is 6.08. The van der Waals surface area contributed by atoms with Crippen LogP contribution in [0.2, 0.25) is 0 Å². The van der Waals surface area contributed by atoms with Gasteiger partial charge in [0.05, 0.1) is 6.61 Å². The Morgan fingerprint density at radius 3 is 2.38 bits per heavy atom. The van der Waals surface area contributed by atoms with Crippen molar-refractivity contribution in [1.29, 1.82) is 0 Å². The van der Waals surface area contributed by atoms with E-state index in [-0.39, 0.29) is 19.6 Å². The van der Waals surface area contributed by atoms with Crippen LogP contribution in [0.4, 0.5) is 0 Å². The van der Waals surface area contributed by atoms with E-state index in [1.54, 1.807) is 13.8 Å². The minimum atomic E-state index is -1.86. The van der Waals surface area contributed by atoms with Gasteiger partial charge in [-0.25, -0.2) is 0 Å². The van der Waals surface area contributed by atoms with E-state index in [0.29, 0.717) is 0 Å². The number of methoxy groups -OCH3 is 1. The van der Waals surface area contributed by atoms with Gasteiger partial charge in [0.15, 0.2) is 0 Å². The van der Waals surface area contributed by atoms with Crippen molar-refractivity contribution in [3.05, 3.63) is 0 Å². The third-order valence-electron chi connectivity index (χ3n) is 1.36. The third kappa shape index (κ3) is 4.82. The Labute approximate surface area is 77.6 Å². The molecule has 1 unspecified atom stereocenters. The fourth-order valence-electron chi connectivity index (χ4n) is 0.802. The lowest BCUT2D eigenvalue weighted by Gasteiger charge is -2.24. The van der Waals surface area contributed by atoms with Gasteiger partial charge >= 0.3 is 5.97 Å². The van der Waals surface area contributed by atoms with E-state index in [4.69, 9.17) is 4.74 Å². The average Bonchev–Trinajstić information content (AvgIpc) is 2.05. The molecule has 0 fully saturated rings. The van der Waals surface area contributed by atoms with Crippen molar-refractivity contribution in [3.63, 3.8) is 0 Å². The molecule has 0 aliphatic rings. The lowest BCUT2D eigenvalue weighted by Crippen LogP contribution is -2.37. The smallest absolute Gasteiger partial charge is 0.314 e. The molecule has 0 spiro atoms. The van der Waals surface area contributed by atoms with Crippen molar-refractivity contribution in [2.75, 3.05) is 20.3 Å². The fourth-order valence-corrected chi connectivity index (χ4v) is 0.802. The van der Waals surface area contributed by atoms with E-state index in [1.807, 2.05) is 0 Å². The van der Waals surface area contributed by atoms with Crippen LogP contribution in [-0.2, 0) is 19.0 Å². The lowest BCUT2D eigenvalue weighted by molar-refractivity contribution is -0.348. The van der Waals surface area contributed by atoms with Gasteiger partial charge in [-0.05, 0) is 13.8 Å². The Morgan fingerprint density at radius 2 is 2.00 bits per heavy atom. The Balaban J connectivity index is 4.02. The number of ether oxygens (including phenoxy) is 3. The maximum Gasteiger partial charge on any atom is 0.314 e. The van der Waals surface area contributed by atoms with Crippen molar-refractivity contribution in [3.8, 4) is 0 Å². The topological polar surface area (TPSA) is 65.0 Å². The zero-order valence-electron chi connectivity index (χ0n) is 8.20. The predicted molar refractivity (Wildman–Crippen MR) is 44.8 cm³/mol. The van der Waals surface area contributed by atoms with Crippen LogP contribution in [0.15, 0.2) is 0 Å². The minimum Gasteiger partial charge on any atom is -0.466 e. The summed E-state index contributed by atoms with van der Waals surface area (Å²) >= 11 is 0. The largest absolute Gasteiger partial charge is 0.466 e. The zero-order valence-corrected chi connectivity index (χ0v) is 8.20. The van der Waals surface area contributed by atoms with Crippen molar-refractivity contribution >= 4 is 5.97 Å². The maximum atomic E-state index is 11.0. The number of hydrogen-bond donors (Lipinski definition) is 1. The first-order valence-corrected chi connectivity index (χ1v) is 4.15. The van der Waals surface area contributed by atoms with Crippen molar-refractivity contribution < 1.29 is 24.1 Å². The number of rotatable bonds is 6. The van der Waals surface area contributed by atoms with Gasteiger partial charge < -0.3 is 19.3 Å². The van der Waals surface area contributed by atoms with Crippen LogP contribution in [0.5, 0.6) is 0 Å². The van der Waals surface area contributed by atoms with Crippen LogP contribution >= 0.6 is 0 Å². The highest BCUT2D eigenvalue weighted by atomic mass is 16.8. The molecule has 0 rings (SSSR count). The number of hydrogen-bond acceptors (Lipinski definition) is 5. The SMILES string of the molecule is CCOC(=O)CC(O)(OC)OCC. The van der Waals surface area contributed by atoms with E-state index >= 15 is 0 Å². The molecule has 0 aliphatic carbocycles. The van der Waals surface area contributed by atoms with Gasteiger partial charge in [0.2, 0.25) is 0 Å². The molecule has 0 aromatic heterocycles. The molecule has 0 saturated heterocycles. The molecule has 1 N–H and O–H groups in total. The molecule has 1 atom stereocenters. The molecule has 0 saturated carbocycles. The molecule has 0 aliphatic heterocycles. The van der Waals surface area contributed by atoms with E-state index < -0.39 is 11.9 Å². The van der Waals surface area contributed by atoms with E-state index in [2.05, 4.69) is 9.47 Å². The first kappa shape index (κ1) is 12.3. The predicted octanol–water partition coefficient (Wildman–Crippen LogP) is 0.269. The molecule has 0 radical (unpaired) electrons. The fraction of sp³-hybridized carbons (Fsp3) is 0.875. The molecule has 78 valence electrons. The quantitative estimate of drug-likeness (QED) is 0.483. The summed E-state index contributed by atoms with van der Waals surface area (Å²) in [6.07, 6.45) is -0.328. The monoisotopic (exact) mass is 192 g/mol. The molecular weight excluding hydrogens is 176 g/mol. The van der Waals surface area contributed by atoms with Crippen LogP contribution in [-0.4, -0.2) is 37.4 Å². The van der Waals surface area contributed by atoms with E-state index in [0.717, 1.165) is 0 Å². The summed E-state index contributed by atoms with van der Waals surface area (Å²) in [5.74, 6) is -2.42. The second-order valence-corrected chi connectivity index (χ2v) is 2.33. The van der Waals surface area contributed by atoms with Crippen molar-refractivity contribution in [2.24, 2.45) is 0 Å². The third-order valence-corrected chi connectivity index (χ3v) is 1.36. The number of carbonyl (C=O) groups is 1. The molecule has 5 nitrogen and oxygen atoms in total. The molecule has 13 heavy (non-hydrogen) atoms. The van der Waals surface area contributed by atoms with Gasteiger partial charge in [0.25, 0.3) is 5.97 Å². The van der Waals surface area contributed by atoms with Gasteiger partial charge in [0.1, 0.15) is 6.42 Å². The van der Waals surface area contributed by atoms with Crippen molar-refractivity contribution in [2.45, 2.75) is 26.2 Å². The standard InChI is InChI=1S/C8H16O5/c1-4-12-7(9)6-8(10,11-3)13-5-2/h10H,4-6H2,1-3H3. The summed E-state index contributed by atoms with van der Waals surface area (Å²) in [6, 6.07) is 0. The molecule has 0 aromatic rings. The van der Waals surface area contributed by atoms with Gasteiger partial charge in [-0.3, -0.25) is 4.79 Å². The summed E-state index contributed by atoms with van der Waals surface area (Å²) in [7, 11) is 1.26. The minimum absolute atomic E-state index is 0.254. The van der Waals surface area contributed by atoms with Gasteiger partial charge in [-0.2, -0.15) is 0 Å². The van der Waals surface area contributed by atoms with Gasteiger partial charge in [-0.15, -0.1) is 0 Å². The van der Waals surface area contributed by atoms with E-state index in [1.165, 1.54) is 7.11 Å². The molecular formula is C8H16O5.